The third kappa shape index (κ3) is 3.23. The fourth-order valence-electron chi connectivity index (χ4n) is 2.50. The lowest BCUT2D eigenvalue weighted by Crippen LogP contribution is -2.25. The molecule has 0 fully saturated rings. The standard InChI is InChI=1S/C18H16ClNO3/c19-11-17(22)20-16(21)10-9-14-7-4-8-15(18(14)20)23-12-13-5-2-1-3-6-13/h1-10,17,22H,11-12H2/t17-/m1/s1. The topological polar surface area (TPSA) is 51.5 Å². The Morgan fingerprint density at radius 1 is 1.04 bits per heavy atom. The number of ether oxygens (including phenoxy) is 1. The van der Waals surface area contributed by atoms with Gasteiger partial charge in [0.25, 0.3) is 5.56 Å². The van der Waals surface area contributed by atoms with Gasteiger partial charge in [-0.2, -0.15) is 0 Å². The van der Waals surface area contributed by atoms with E-state index in [1.54, 1.807) is 12.1 Å². The van der Waals surface area contributed by atoms with Crippen LogP contribution in [0.2, 0.25) is 0 Å². The van der Waals surface area contributed by atoms with E-state index in [2.05, 4.69) is 0 Å². The lowest BCUT2D eigenvalue weighted by molar-refractivity contribution is 0.128. The smallest absolute Gasteiger partial charge is 0.253 e. The minimum atomic E-state index is -1.10. The largest absolute Gasteiger partial charge is 0.487 e. The number of aliphatic hydroxyl groups excluding tert-OH is 1. The van der Waals surface area contributed by atoms with Crippen LogP contribution in [0.1, 0.15) is 11.8 Å². The number of para-hydroxylation sites is 1. The molecular formula is C18H16ClNO3. The van der Waals surface area contributed by atoms with Crippen molar-refractivity contribution < 1.29 is 9.84 Å². The average molecular weight is 330 g/mol. The summed E-state index contributed by atoms with van der Waals surface area (Å²) in [6.07, 6.45) is -1.10. The van der Waals surface area contributed by atoms with Crippen LogP contribution in [0.25, 0.3) is 10.9 Å². The van der Waals surface area contributed by atoms with Crippen molar-refractivity contribution in [2.45, 2.75) is 12.8 Å². The molecule has 0 aliphatic rings. The lowest BCUT2D eigenvalue weighted by Gasteiger charge is -2.17. The number of pyridine rings is 1. The number of aliphatic hydroxyl groups is 1. The molecule has 3 aromatic rings. The van der Waals surface area contributed by atoms with Gasteiger partial charge in [0.15, 0.2) is 0 Å². The summed E-state index contributed by atoms with van der Waals surface area (Å²) in [5, 5.41) is 10.9. The van der Waals surface area contributed by atoms with Crippen LogP contribution >= 0.6 is 11.6 Å². The normalized spacial score (nSPS) is 12.3. The van der Waals surface area contributed by atoms with Gasteiger partial charge < -0.3 is 9.84 Å². The van der Waals surface area contributed by atoms with Gasteiger partial charge in [-0.25, -0.2) is 0 Å². The number of halogens is 1. The van der Waals surface area contributed by atoms with Crippen molar-refractivity contribution in [1.82, 2.24) is 4.57 Å². The molecule has 1 aromatic heterocycles. The Morgan fingerprint density at radius 2 is 1.83 bits per heavy atom. The zero-order chi connectivity index (χ0) is 16.2. The quantitative estimate of drug-likeness (QED) is 0.731. The first-order chi connectivity index (χ1) is 11.2. The van der Waals surface area contributed by atoms with Gasteiger partial charge in [0, 0.05) is 11.5 Å². The summed E-state index contributed by atoms with van der Waals surface area (Å²) in [6.45, 7) is 0.375. The fraction of sp³-hybridized carbons (Fsp3) is 0.167. The summed E-state index contributed by atoms with van der Waals surface area (Å²) in [5.41, 5.74) is 1.25. The molecule has 1 atom stereocenters. The molecule has 0 aliphatic carbocycles. The first kappa shape index (κ1) is 15.6. The van der Waals surface area contributed by atoms with E-state index >= 15 is 0 Å². The summed E-state index contributed by atoms with van der Waals surface area (Å²) in [5.74, 6) is 0.458. The van der Waals surface area contributed by atoms with E-state index in [0.29, 0.717) is 17.9 Å². The molecule has 0 amide bonds. The molecule has 0 aliphatic heterocycles. The Labute approximate surface area is 138 Å². The Morgan fingerprint density at radius 3 is 2.57 bits per heavy atom. The van der Waals surface area contributed by atoms with E-state index in [1.165, 1.54) is 10.6 Å². The zero-order valence-electron chi connectivity index (χ0n) is 12.4. The number of rotatable bonds is 5. The summed E-state index contributed by atoms with van der Waals surface area (Å²) in [7, 11) is 0. The molecule has 118 valence electrons. The first-order valence-corrected chi connectivity index (χ1v) is 7.79. The van der Waals surface area contributed by atoms with Crippen LogP contribution in [0.3, 0.4) is 0 Å². The third-order valence-electron chi connectivity index (χ3n) is 3.59. The number of fused-ring (bicyclic) bond motifs is 1. The van der Waals surface area contributed by atoms with Crippen molar-refractivity contribution in [3.8, 4) is 5.75 Å². The van der Waals surface area contributed by atoms with Gasteiger partial charge in [0.2, 0.25) is 0 Å². The van der Waals surface area contributed by atoms with Gasteiger partial charge in [-0.1, -0.05) is 42.5 Å². The monoisotopic (exact) mass is 329 g/mol. The molecule has 5 heteroatoms. The van der Waals surface area contributed by atoms with Gasteiger partial charge in [0.05, 0.1) is 11.4 Å². The van der Waals surface area contributed by atoms with Crippen molar-refractivity contribution in [3.63, 3.8) is 0 Å². The zero-order valence-corrected chi connectivity index (χ0v) is 13.1. The van der Waals surface area contributed by atoms with Crippen LogP contribution in [0.15, 0.2) is 65.5 Å². The number of hydrogen-bond donors (Lipinski definition) is 1. The molecule has 2 aromatic carbocycles. The predicted octanol–water partition coefficient (Wildman–Crippen LogP) is 3.31. The highest BCUT2D eigenvalue weighted by Crippen LogP contribution is 2.27. The molecule has 23 heavy (non-hydrogen) atoms. The number of aromatic nitrogens is 1. The van der Waals surface area contributed by atoms with E-state index in [9.17, 15) is 9.90 Å². The summed E-state index contributed by atoms with van der Waals surface area (Å²) in [4.78, 5) is 12.1. The number of hydrogen-bond acceptors (Lipinski definition) is 3. The maximum Gasteiger partial charge on any atom is 0.253 e. The molecule has 1 N–H and O–H groups in total. The van der Waals surface area contributed by atoms with E-state index in [4.69, 9.17) is 16.3 Å². The maximum absolute atomic E-state index is 12.1. The van der Waals surface area contributed by atoms with Crippen molar-refractivity contribution in [2.24, 2.45) is 0 Å². The van der Waals surface area contributed by atoms with E-state index in [0.717, 1.165) is 10.9 Å². The number of alkyl halides is 1. The molecule has 0 unspecified atom stereocenters. The van der Waals surface area contributed by atoms with Gasteiger partial charge in [0.1, 0.15) is 18.6 Å². The maximum atomic E-state index is 12.1. The van der Waals surface area contributed by atoms with Gasteiger partial charge in [-0.3, -0.25) is 9.36 Å². The second-order valence-corrected chi connectivity index (χ2v) is 5.45. The minimum absolute atomic E-state index is 0.0773. The van der Waals surface area contributed by atoms with Gasteiger partial charge in [-0.15, -0.1) is 11.6 Å². The molecular weight excluding hydrogens is 314 g/mol. The van der Waals surface area contributed by atoms with E-state index < -0.39 is 6.23 Å². The second kappa shape index (κ2) is 6.86. The van der Waals surface area contributed by atoms with Crippen LogP contribution in [0, 0.1) is 0 Å². The highest BCUT2D eigenvalue weighted by molar-refractivity contribution is 6.18. The first-order valence-electron chi connectivity index (χ1n) is 7.25. The Kier molecular flexibility index (Phi) is 4.65. The highest BCUT2D eigenvalue weighted by Gasteiger charge is 2.14. The Hall–Kier alpha value is -2.30. The van der Waals surface area contributed by atoms with Crippen LogP contribution in [-0.2, 0) is 6.61 Å². The fourth-order valence-corrected chi connectivity index (χ4v) is 2.64. The molecule has 0 bridgehead atoms. The average Bonchev–Trinajstić information content (AvgIpc) is 2.60. The number of nitrogens with zero attached hydrogens (tertiary/aromatic N) is 1. The number of benzene rings is 2. The summed E-state index contributed by atoms with van der Waals surface area (Å²) in [6, 6.07) is 18.4. The lowest BCUT2D eigenvalue weighted by atomic mass is 10.2. The Balaban J connectivity index is 2.06. The highest BCUT2D eigenvalue weighted by atomic mass is 35.5. The van der Waals surface area contributed by atoms with Gasteiger partial charge in [-0.05, 0) is 17.7 Å². The molecule has 0 spiro atoms. The van der Waals surface area contributed by atoms with Crippen molar-refractivity contribution in [2.75, 3.05) is 5.88 Å². The minimum Gasteiger partial charge on any atom is -0.487 e. The van der Waals surface area contributed by atoms with Crippen molar-refractivity contribution in [3.05, 3.63) is 76.6 Å². The summed E-state index contributed by atoms with van der Waals surface area (Å²) >= 11 is 5.73. The molecule has 3 rings (SSSR count). The second-order valence-electron chi connectivity index (χ2n) is 5.14. The van der Waals surface area contributed by atoms with E-state index in [-0.39, 0.29) is 11.4 Å². The molecule has 0 radical (unpaired) electrons. The van der Waals surface area contributed by atoms with Crippen LogP contribution in [0.5, 0.6) is 5.75 Å². The Bertz CT molecular complexity index is 861. The van der Waals surface area contributed by atoms with Gasteiger partial charge >= 0.3 is 0 Å². The summed E-state index contributed by atoms with van der Waals surface area (Å²) < 4.78 is 7.15. The molecule has 1 heterocycles. The molecule has 0 saturated carbocycles. The van der Waals surface area contributed by atoms with Crippen LogP contribution in [-0.4, -0.2) is 15.6 Å². The SMILES string of the molecule is O=c1ccc2cccc(OCc3ccccc3)c2n1[C@H](O)CCl. The van der Waals surface area contributed by atoms with E-state index in [1.807, 2.05) is 42.5 Å². The molecule has 4 nitrogen and oxygen atoms in total. The van der Waals surface area contributed by atoms with Crippen molar-refractivity contribution >= 4 is 22.5 Å². The van der Waals surface area contributed by atoms with Crippen LogP contribution in [0.4, 0.5) is 0 Å². The third-order valence-corrected chi connectivity index (χ3v) is 3.86. The predicted molar refractivity (Wildman–Crippen MR) is 91.0 cm³/mol. The van der Waals surface area contributed by atoms with Crippen molar-refractivity contribution in [1.29, 1.82) is 0 Å². The molecule has 0 saturated heterocycles. The van der Waals surface area contributed by atoms with Crippen LogP contribution < -0.4 is 10.3 Å².